The third-order valence-electron chi connectivity index (χ3n) is 8.12. The van der Waals surface area contributed by atoms with Gasteiger partial charge in [0.1, 0.15) is 23.3 Å². The van der Waals surface area contributed by atoms with Gasteiger partial charge in [-0.05, 0) is 59.7 Å². The summed E-state index contributed by atoms with van der Waals surface area (Å²) >= 11 is 17.2. The highest BCUT2D eigenvalue weighted by atomic mass is 35.5. The molecule has 0 radical (unpaired) electrons. The van der Waals surface area contributed by atoms with Gasteiger partial charge in [-0.15, -0.1) is 32.0 Å². The predicted octanol–water partition coefficient (Wildman–Crippen LogP) is 1.19. The van der Waals surface area contributed by atoms with Gasteiger partial charge in [-0.25, -0.2) is 19.2 Å². The van der Waals surface area contributed by atoms with Crippen LogP contribution in [0.2, 0.25) is 10.0 Å². The molecule has 0 fully saturated rings. The number of ether oxygens (including phenoxy) is 2. The molecule has 4 heterocycles. The smallest absolute Gasteiger partial charge is 0.345 e. The highest BCUT2D eigenvalue weighted by Crippen LogP contribution is 2.18. The number of H-pyrrole nitrogens is 1. The Labute approximate surface area is 359 Å². The molecule has 61 heavy (non-hydrogen) atoms. The number of esters is 2. The van der Waals surface area contributed by atoms with Gasteiger partial charge in [0.25, 0.3) is 11.1 Å². The van der Waals surface area contributed by atoms with E-state index in [9.17, 15) is 39.0 Å². The van der Waals surface area contributed by atoms with Gasteiger partial charge >= 0.3 is 23.3 Å². The van der Waals surface area contributed by atoms with E-state index in [4.69, 9.17) is 39.5 Å². The van der Waals surface area contributed by atoms with E-state index in [0.717, 1.165) is 31.7 Å². The van der Waals surface area contributed by atoms with Crippen molar-refractivity contribution in [2.24, 2.45) is 14.1 Å². The maximum absolute atomic E-state index is 12.4. The van der Waals surface area contributed by atoms with Crippen LogP contribution in [-0.4, -0.2) is 94.5 Å². The van der Waals surface area contributed by atoms with Crippen molar-refractivity contribution < 1.29 is 29.3 Å². The van der Waals surface area contributed by atoms with Crippen LogP contribution in [0, 0.1) is 0 Å². The molecule has 0 bridgehead atoms. The third kappa shape index (κ3) is 13.1. The van der Waals surface area contributed by atoms with E-state index >= 15 is 0 Å². The highest BCUT2D eigenvalue weighted by molar-refractivity contribution is 6.30. The van der Waals surface area contributed by atoms with E-state index in [0.29, 0.717) is 21.4 Å². The van der Waals surface area contributed by atoms with E-state index in [-0.39, 0.29) is 55.7 Å². The minimum Gasteiger partial charge on any atom is -0.462 e. The number of nitrogens with zero attached hydrogens (tertiary/aromatic N) is 11. The summed E-state index contributed by atoms with van der Waals surface area (Å²) in [6.45, 7) is 3.65. The fraction of sp³-hybridized carbons (Fsp3) is 0.333. The van der Waals surface area contributed by atoms with Crippen LogP contribution in [0.4, 0.5) is 0 Å². The number of nitrogens with one attached hydrogen (secondary N) is 1. The number of aromatic nitrogens is 12. The lowest BCUT2D eigenvalue weighted by Gasteiger charge is -2.10. The number of aliphatic hydroxyl groups is 2. The molecule has 324 valence electrons. The molecule has 2 atom stereocenters. The summed E-state index contributed by atoms with van der Waals surface area (Å²) in [5.74, 6) is -0.750. The van der Waals surface area contributed by atoms with Crippen molar-refractivity contribution in [2.45, 2.75) is 51.6 Å². The number of aromatic amines is 1. The predicted molar refractivity (Wildman–Crippen MR) is 217 cm³/mol. The molecule has 0 spiro atoms. The second-order valence-electron chi connectivity index (χ2n) is 12.4. The Hall–Kier alpha value is -6.33. The number of benzene rings is 2. The molecule has 0 aliphatic carbocycles. The molecule has 3 N–H and O–H groups in total. The fourth-order valence-corrected chi connectivity index (χ4v) is 5.33. The molecule has 0 saturated carbocycles. The molecular weight excluding hydrogens is 867 g/mol. The maximum Gasteiger partial charge on any atom is 0.345 e. The maximum atomic E-state index is 12.4. The average Bonchev–Trinajstić information content (AvgIpc) is 3.90. The third-order valence-corrected chi connectivity index (χ3v) is 8.87. The summed E-state index contributed by atoms with van der Waals surface area (Å²) in [6, 6.07) is 13.6. The van der Waals surface area contributed by atoms with Crippen LogP contribution >= 0.6 is 34.8 Å². The number of halogens is 3. The normalized spacial score (nSPS) is 11.7. The van der Waals surface area contributed by atoms with Crippen molar-refractivity contribution >= 4 is 46.7 Å². The van der Waals surface area contributed by atoms with Crippen molar-refractivity contribution in [1.82, 2.24) is 59.1 Å². The Bertz CT molecular complexity index is 2660. The first-order valence-corrected chi connectivity index (χ1v) is 19.3. The van der Waals surface area contributed by atoms with Crippen LogP contribution in [0.5, 0.6) is 0 Å². The van der Waals surface area contributed by atoms with Gasteiger partial charge in [0.05, 0.1) is 38.7 Å². The molecule has 25 heteroatoms. The summed E-state index contributed by atoms with van der Waals surface area (Å²) < 4.78 is 12.2. The van der Waals surface area contributed by atoms with E-state index in [1.165, 1.54) is 23.7 Å². The first-order valence-electron chi connectivity index (χ1n) is 18.0. The van der Waals surface area contributed by atoms with Crippen molar-refractivity contribution in [3.8, 4) is 0 Å². The Morgan fingerprint density at radius 1 is 0.721 bits per heavy atom. The summed E-state index contributed by atoms with van der Waals surface area (Å²) in [4.78, 5) is 74.7. The van der Waals surface area contributed by atoms with Crippen molar-refractivity contribution in [1.29, 1.82) is 0 Å². The lowest BCUT2D eigenvalue weighted by molar-refractivity contribution is 0.0512. The highest BCUT2D eigenvalue weighted by Gasteiger charge is 2.19. The molecule has 2 aromatic carbocycles. The largest absolute Gasteiger partial charge is 0.462 e. The van der Waals surface area contributed by atoms with Crippen LogP contribution in [0.1, 0.15) is 69.5 Å². The van der Waals surface area contributed by atoms with Gasteiger partial charge in [0, 0.05) is 36.5 Å². The number of aliphatic hydroxyl groups excluding tert-OH is 2. The molecule has 0 saturated heterocycles. The molecule has 0 aliphatic heterocycles. The van der Waals surface area contributed by atoms with Crippen LogP contribution < -0.4 is 22.5 Å². The zero-order valence-corrected chi connectivity index (χ0v) is 35.2. The first-order chi connectivity index (χ1) is 29.1. The number of alkyl halides is 1. The SMILES string of the molecule is CCOC(=O)c1c[nH]c(=O)n(C)c1=O.CCOC(=O)c1cn(Cc2nnn(C[C@H](O)c3ccc(Cl)cc3)n2)c(=O)n(C)c1=O.O[C@@H](Cn1nnc(CCl)n1)c1ccc(Cl)cc1. The number of carbonyl (C=O) groups excluding carboxylic acids is 2. The van der Waals surface area contributed by atoms with Crippen LogP contribution in [-0.2, 0) is 49.1 Å². The van der Waals surface area contributed by atoms with E-state index in [1.807, 2.05) is 0 Å². The van der Waals surface area contributed by atoms with Crippen LogP contribution in [0.15, 0.2) is 80.1 Å². The standard InChI is InChI=1S/C18H19ClN6O5.C10H10Cl2N4O.C8H10N2O4/c1-3-30-17(28)13-8-24(18(29)23(2)16(13)27)10-15-20-22-25(21-15)9-14(26)11-4-6-12(19)7-5-11;11-5-10-13-15-16(14-10)6-9(17)7-1-3-8(12)4-2-7;1-3-14-7(12)5-4-9-8(13)10(2)6(5)11/h4-8,14,26H,3,9-10H2,1-2H3;1-4,9,17H,5-6H2;4H,3H2,1-2H3,(H,9,13)/t14-;9-;/m00./s1. The number of carbonyl (C=O) groups is 2. The fourth-order valence-electron chi connectivity index (χ4n) is 4.98. The number of hydrogen-bond acceptors (Lipinski definition) is 16. The number of rotatable bonds is 13. The minimum atomic E-state index is -0.889. The van der Waals surface area contributed by atoms with Crippen LogP contribution in [0.25, 0.3) is 0 Å². The molecule has 6 aromatic rings. The summed E-state index contributed by atoms with van der Waals surface area (Å²) in [6.07, 6.45) is 0.582. The Balaban J connectivity index is 0.000000223. The summed E-state index contributed by atoms with van der Waals surface area (Å²) in [5, 5.41) is 44.8. The minimum absolute atomic E-state index is 0.0326. The molecule has 0 aliphatic rings. The summed E-state index contributed by atoms with van der Waals surface area (Å²) in [5.41, 5.74) is -1.69. The van der Waals surface area contributed by atoms with Gasteiger partial charge in [0.15, 0.2) is 11.6 Å². The molecule has 22 nitrogen and oxygen atoms in total. The Morgan fingerprint density at radius 3 is 1.66 bits per heavy atom. The van der Waals surface area contributed by atoms with Gasteiger partial charge in [-0.1, -0.05) is 47.5 Å². The van der Waals surface area contributed by atoms with Crippen LogP contribution in [0.3, 0.4) is 0 Å². The molecule has 4 aromatic heterocycles. The van der Waals surface area contributed by atoms with Gasteiger partial charge in [0.2, 0.25) is 0 Å². The quantitative estimate of drug-likeness (QED) is 0.108. The second-order valence-corrected chi connectivity index (χ2v) is 13.6. The molecule has 0 amide bonds. The van der Waals surface area contributed by atoms with Crippen molar-refractivity contribution in [3.05, 3.63) is 147 Å². The molecule has 6 rings (SSSR count). The van der Waals surface area contributed by atoms with E-state index < -0.39 is 46.6 Å². The Kier molecular flexibility index (Phi) is 17.3. The summed E-state index contributed by atoms with van der Waals surface area (Å²) in [7, 11) is 2.54. The number of hydrogen-bond donors (Lipinski definition) is 3. The average molecular weight is 906 g/mol. The Morgan fingerprint density at radius 2 is 1.18 bits per heavy atom. The lowest BCUT2D eigenvalue weighted by Crippen LogP contribution is -2.41. The second kappa shape index (κ2) is 22.3. The topological polar surface area (TPSA) is 279 Å². The lowest BCUT2D eigenvalue weighted by atomic mass is 10.1. The monoisotopic (exact) mass is 904 g/mol. The van der Waals surface area contributed by atoms with Crippen molar-refractivity contribution in [2.75, 3.05) is 13.2 Å². The first kappa shape index (κ1) is 47.3. The molecule has 0 unspecified atom stereocenters. The molecular formula is C36H39Cl3N12O10. The van der Waals surface area contributed by atoms with E-state index in [2.05, 4.69) is 40.5 Å². The zero-order chi connectivity index (χ0) is 44.8. The van der Waals surface area contributed by atoms with Gasteiger partial charge in [-0.3, -0.25) is 23.3 Å². The number of tetrazole rings is 2. The van der Waals surface area contributed by atoms with Crippen molar-refractivity contribution in [3.63, 3.8) is 0 Å². The zero-order valence-electron chi connectivity index (χ0n) is 32.9. The van der Waals surface area contributed by atoms with Gasteiger partial charge in [-0.2, -0.15) is 9.59 Å². The van der Waals surface area contributed by atoms with E-state index in [1.54, 1.807) is 62.4 Å². The van der Waals surface area contributed by atoms with Gasteiger partial charge < -0.3 is 24.7 Å².